The SMILES string of the molecule is CC1(C)c2ccccc2-c2ccc(N(c3ccccc3-c3ccc(-c4ccccc4)cc3)c3cccc4oc5cc6c(cc5c34)oc3cccc(-c4ccccc4)c36)cc21. The van der Waals surface area contributed by atoms with Crippen molar-refractivity contribution in [3.63, 3.8) is 0 Å². The normalized spacial score (nSPS) is 13.0. The zero-order chi connectivity index (χ0) is 40.0. The van der Waals surface area contributed by atoms with Crippen LogP contribution in [0.3, 0.4) is 0 Å². The van der Waals surface area contributed by atoms with E-state index < -0.39 is 0 Å². The largest absolute Gasteiger partial charge is 0.456 e. The number of anilines is 3. The molecule has 284 valence electrons. The van der Waals surface area contributed by atoms with Crippen molar-refractivity contribution in [2.75, 3.05) is 4.90 Å². The second-order valence-corrected chi connectivity index (χ2v) is 16.4. The van der Waals surface area contributed by atoms with Crippen LogP contribution in [0, 0.1) is 0 Å². The van der Waals surface area contributed by atoms with Gasteiger partial charge < -0.3 is 13.7 Å². The van der Waals surface area contributed by atoms with Gasteiger partial charge in [-0.05, 0) is 98.6 Å². The lowest BCUT2D eigenvalue weighted by molar-refractivity contribution is 0.660. The summed E-state index contributed by atoms with van der Waals surface area (Å²) in [5.41, 5.74) is 18.6. The van der Waals surface area contributed by atoms with E-state index in [1.54, 1.807) is 0 Å². The van der Waals surface area contributed by atoms with Crippen molar-refractivity contribution in [3.8, 4) is 44.5 Å². The van der Waals surface area contributed by atoms with E-state index in [0.29, 0.717) is 0 Å². The first-order chi connectivity index (χ1) is 29.5. The van der Waals surface area contributed by atoms with E-state index in [0.717, 1.165) is 83.2 Å². The standard InChI is InChI=1S/C57H39NO2/c1-57(2)47-22-11-9-20-43(47)44-32-31-40(33-48(44)57)58(49-23-12-10-19-41(49)39-29-27-37(28-30-39)36-15-5-3-6-16-36)50-24-14-26-52-56(50)46-35-53-45(34-54(46)60-52)55-42(21-13-25-51(55)59-53)38-17-7-4-8-18-38/h3-35H,1-2H3. The van der Waals surface area contributed by atoms with E-state index in [4.69, 9.17) is 8.83 Å². The Morgan fingerprint density at radius 1 is 0.350 bits per heavy atom. The van der Waals surface area contributed by atoms with Crippen LogP contribution in [0.4, 0.5) is 17.1 Å². The summed E-state index contributed by atoms with van der Waals surface area (Å²) in [6.07, 6.45) is 0. The molecular weight excluding hydrogens is 731 g/mol. The molecule has 0 amide bonds. The van der Waals surface area contributed by atoms with E-state index in [1.807, 2.05) is 0 Å². The molecule has 11 aromatic rings. The highest BCUT2D eigenvalue weighted by molar-refractivity contribution is 6.21. The fraction of sp³-hybridized carbons (Fsp3) is 0.0526. The van der Waals surface area contributed by atoms with Gasteiger partial charge in [0.1, 0.15) is 22.3 Å². The lowest BCUT2D eigenvalue weighted by Crippen LogP contribution is -2.17. The van der Waals surface area contributed by atoms with Crippen molar-refractivity contribution in [1.82, 2.24) is 0 Å². The molecule has 3 heteroatoms. The Labute approximate surface area is 348 Å². The van der Waals surface area contributed by atoms with E-state index >= 15 is 0 Å². The third kappa shape index (κ3) is 5.22. The van der Waals surface area contributed by atoms with Crippen LogP contribution in [0.1, 0.15) is 25.0 Å². The van der Waals surface area contributed by atoms with Gasteiger partial charge in [0.15, 0.2) is 0 Å². The molecule has 0 saturated heterocycles. The fourth-order valence-electron chi connectivity index (χ4n) is 9.80. The molecule has 2 aromatic heterocycles. The van der Waals surface area contributed by atoms with Gasteiger partial charge in [0.25, 0.3) is 0 Å². The molecule has 0 aliphatic heterocycles. The molecule has 0 radical (unpaired) electrons. The van der Waals surface area contributed by atoms with Crippen LogP contribution in [0.15, 0.2) is 209 Å². The number of rotatable bonds is 6. The predicted molar refractivity (Wildman–Crippen MR) is 250 cm³/mol. The van der Waals surface area contributed by atoms with Gasteiger partial charge in [-0.25, -0.2) is 0 Å². The van der Waals surface area contributed by atoms with Gasteiger partial charge in [-0.15, -0.1) is 0 Å². The molecule has 0 saturated carbocycles. The smallest absolute Gasteiger partial charge is 0.137 e. The highest BCUT2D eigenvalue weighted by Gasteiger charge is 2.36. The number of nitrogens with zero attached hydrogens (tertiary/aromatic N) is 1. The van der Waals surface area contributed by atoms with Crippen molar-refractivity contribution in [1.29, 1.82) is 0 Å². The first kappa shape index (κ1) is 34.4. The fourth-order valence-corrected chi connectivity index (χ4v) is 9.80. The van der Waals surface area contributed by atoms with Gasteiger partial charge >= 0.3 is 0 Å². The van der Waals surface area contributed by atoms with Gasteiger partial charge in [0, 0.05) is 32.8 Å². The van der Waals surface area contributed by atoms with Gasteiger partial charge in [-0.1, -0.05) is 166 Å². The summed E-state index contributed by atoms with van der Waals surface area (Å²) < 4.78 is 13.5. The summed E-state index contributed by atoms with van der Waals surface area (Å²) in [6.45, 7) is 4.69. The Morgan fingerprint density at radius 2 is 0.867 bits per heavy atom. The zero-order valence-electron chi connectivity index (χ0n) is 33.3. The van der Waals surface area contributed by atoms with Crippen LogP contribution < -0.4 is 4.90 Å². The van der Waals surface area contributed by atoms with Crippen molar-refractivity contribution in [2.24, 2.45) is 0 Å². The molecule has 1 aliphatic rings. The van der Waals surface area contributed by atoms with E-state index in [1.165, 1.54) is 33.4 Å². The topological polar surface area (TPSA) is 29.5 Å². The maximum atomic E-state index is 6.84. The lowest BCUT2D eigenvalue weighted by Gasteiger charge is -2.30. The van der Waals surface area contributed by atoms with Crippen molar-refractivity contribution >= 4 is 60.9 Å². The maximum absolute atomic E-state index is 6.84. The van der Waals surface area contributed by atoms with Crippen LogP contribution in [0.5, 0.6) is 0 Å². The van der Waals surface area contributed by atoms with E-state index in [9.17, 15) is 0 Å². The number of para-hydroxylation sites is 1. The van der Waals surface area contributed by atoms with Crippen molar-refractivity contribution < 1.29 is 8.83 Å². The Hall–Kier alpha value is -7.62. The second-order valence-electron chi connectivity index (χ2n) is 16.4. The first-order valence-electron chi connectivity index (χ1n) is 20.7. The molecule has 0 N–H and O–H groups in total. The minimum Gasteiger partial charge on any atom is -0.456 e. The third-order valence-corrected chi connectivity index (χ3v) is 12.7. The molecule has 0 bridgehead atoms. The zero-order valence-corrected chi connectivity index (χ0v) is 33.3. The minimum absolute atomic E-state index is 0.166. The molecule has 12 rings (SSSR count). The van der Waals surface area contributed by atoms with Gasteiger partial charge in [-0.2, -0.15) is 0 Å². The third-order valence-electron chi connectivity index (χ3n) is 12.7. The average Bonchev–Trinajstić information content (AvgIpc) is 3.93. The summed E-state index contributed by atoms with van der Waals surface area (Å²) in [4.78, 5) is 2.44. The van der Waals surface area contributed by atoms with Crippen LogP contribution in [0.25, 0.3) is 88.4 Å². The van der Waals surface area contributed by atoms with Gasteiger partial charge in [0.2, 0.25) is 0 Å². The first-order valence-corrected chi connectivity index (χ1v) is 20.7. The van der Waals surface area contributed by atoms with E-state index in [-0.39, 0.29) is 5.41 Å². The van der Waals surface area contributed by atoms with Gasteiger partial charge in [0.05, 0.1) is 16.8 Å². The number of hydrogen-bond donors (Lipinski definition) is 0. The van der Waals surface area contributed by atoms with E-state index in [2.05, 4.69) is 219 Å². The van der Waals surface area contributed by atoms with Crippen molar-refractivity contribution in [3.05, 3.63) is 211 Å². The molecule has 2 heterocycles. The number of fused-ring (bicyclic) bond motifs is 9. The highest BCUT2D eigenvalue weighted by atomic mass is 16.3. The summed E-state index contributed by atoms with van der Waals surface area (Å²) >= 11 is 0. The predicted octanol–water partition coefficient (Wildman–Crippen LogP) is 16.3. The number of furan rings is 2. The molecule has 9 aromatic carbocycles. The van der Waals surface area contributed by atoms with Crippen LogP contribution in [-0.2, 0) is 5.41 Å². The molecule has 0 spiro atoms. The highest BCUT2D eigenvalue weighted by Crippen LogP contribution is 2.53. The Bertz CT molecular complexity index is 3450. The molecule has 0 atom stereocenters. The van der Waals surface area contributed by atoms with Crippen LogP contribution in [0.2, 0.25) is 0 Å². The molecular formula is C57H39NO2. The summed E-state index contributed by atoms with van der Waals surface area (Å²) in [5.74, 6) is 0. The minimum atomic E-state index is -0.166. The Kier molecular flexibility index (Phi) is 7.58. The molecule has 3 nitrogen and oxygen atoms in total. The quantitative estimate of drug-likeness (QED) is 0.169. The second kappa shape index (κ2) is 13.2. The number of hydrogen-bond acceptors (Lipinski definition) is 3. The van der Waals surface area contributed by atoms with Crippen LogP contribution in [-0.4, -0.2) is 0 Å². The molecule has 0 unspecified atom stereocenters. The average molecular weight is 770 g/mol. The number of benzene rings is 9. The van der Waals surface area contributed by atoms with Gasteiger partial charge in [-0.3, -0.25) is 0 Å². The lowest BCUT2D eigenvalue weighted by atomic mass is 9.82. The summed E-state index contributed by atoms with van der Waals surface area (Å²) in [7, 11) is 0. The maximum Gasteiger partial charge on any atom is 0.137 e. The molecule has 0 fully saturated rings. The summed E-state index contributed by atoms with van der Waals surface area (Å²) in [5, 5.41) is 4.18. The summed E-state index contributed by atoms with van der Waals surface area (Å²) in [6, 6.07) is 71.8. The molecule has 60 heavy (non-hydrogen) atoms. The Balaban J connectivity index is 1.09. The van der Waals surface area contributed by atoms with Crippen LogP contribution >= 0.6 is 0 Å². The van der Waals surface area contributed by atoms with Crippen molar-refractivity contribution in [2.45, 2.75) is 19.3 Å². The molecule has 1 aliphatic carbocycles. The Morgan fingerprint density at radius 3 is 1.62 bits per heavy atom. The monoisotopic (exact) mass is 769 g/mol.